The third kappa shape index (κ3) is 2.70. The van der Waals surface area contributed by atoms with Crippen LogP contribution in [-0.4, -0.2) is 18.1 Å². The van der Waals surface area contributed by atoms with Gasteiger partial charge in [0.15, 0.2) is 0 Å². The summed E-state index contributed by atoms with van der Waals surface area (Å²) in [5.74, 6) is 1.31. The van der Waals surface area contributed by atoms with E-state index in [1.165, 1.54) is 12.8 Å². The molecule has 142 valence electrons. The molecule has 1 amide bonds. The minimum absolute atomic E-state index is 0.0476. The number of rotatable bonds is 3. The second kappa shape index (κ2) is 6.91. The summed E-state index contributed by atoms with van der Waals surface area (Å²) in [5, 5.41) is 13.0. The molecule has 1 saturated carbocycles. The topological polar surface area (TPSA) is 58.6 Å². The number of hydrogen-bond donors (Lipinski definition) is 2. The fraction of sp³-hybridized carbons (Fsp3) is 0.435. The molecule has 4 nitrogen and oxygen atoms in total. The third-order valence-electron chi connectivity index (χ3n) is 6.45. The number of aromatic hydroxyl groups is 1. The molecule has 4 rings (SSSR count). The molecular formula is C23H27NO3. The van der Waals surface area contributed by atoms with Crippen molar-refractivity contribution in [3.8, 4) is 11.5 Å². The second-order valence-corrected chi connectivity index (χ2v) is 7.81. The monoisotopic (exact) mass is 365 g/mol. The smallest absolute Gasteiger partial charge is 0.239 e. The Kier molecular flexibility index (Phi) is 4.58. The number of nitrogens with one attached hydrogen (secondary N) is 1. The summed E-state index contributed by atoms with van der Waals surface area (Å²) < 4.78 is 5.48. The SMILES string of the molecule is COc1ccc2c(c1C)NC(=O)[C@]2(c1ccc(O)cc1)C1CCCCCC1. The van der Waals surface area contributed by atoms with Gasteiger partial charge in [0, 0.05) is 5.56 Å². The summed E-state index contributed by atoms with van der Waals surface area (Å²) >= 11 is 0. The molecule has 0 saturated heterocycles. The van der Waals surface area contributed by atoms with Crippen LogP contribution in [-0.2, 0) is 10.2 Å². The molecule has 2 aromatic carbocycles. The number of carbonyl (C=O) groups excluding carboxylic acids is 1. The molecule has 0 aromatic heterocycles. The molecule has 1 atom stereocenters. The first kappa shape index (κ1) is 17.9. The summed E-state index contributed by atoms with van der Waals surface area (Å²) in [6.07, 6.45) is 6.86. The molecule has 2 aliphatic rings. The summed E-state index contributed by atoms with van der Waals surface area (Å²) in [4.78, 5) is 13.6. The van der Waals surface area contributed by atoms with Crippen molar-refractivity contribution in [3.63, 3.8) is 0 Å². The predicted octanol–water partition coefficient (Wildman–Crippen LogP) is 4.92. The number of methoxy groups -OCH3 is 1. The first-order valence-electron chi connectivity index (χ1n) is 9.88. The highest BCUT2D eigenvalue weighted by Crippen LogP contribution is 2.53. The van der Waals surface area contributed by atoms with E-state index in [-0.39, 0.29) is 17.6 Å². The zero-order valence-electron chi connectivity index (χ0n) is 16.0. The van der Waals surface area contributed by atoms with Gasteiger partial charge < -0.3 is 15.2 Å². The van der Waals surface area contributed by atoms with Gasteiger partial charge in [0.25, 0.3) is 0 Å². The van der Waals surface area contributed by atoms with Gasteiger partial charge in [-0.05, 0) is 55.0 Å². The van der Waals surface area contributed by atoms with Crippen molar-refractivity contribution in [2.45, 2.75) is 50.9 Å². The van der Waals surface area contributed by atoms with Gasteiger partial charge in [0.2, 0.25) is 5.91 Å². The molecule has 2 aromatic rings. The molecular weight excluding hydrogens is 338 g/mol. The Morgan fingerprint density at radius 2 is 1.70 bits per heavy atom. The quantitative estimate of drug-likeness (QED) is 0.759. The third-order valence-corrected chi connectivity index (χ3v) is 6.45. The largest absolute Gasteiger partial charge is 0.508 e. The van der Waals surface area contributed by atoms with Crippen LogP contribution < -0.4 is 10.1 Å². The molecule has 1 aliphatic heterocycles. The second-order valence-electron chi connectivity index (χ2n) is 7.81. The first-order chi connectivity index (χ1) is 13.1. The van der Waals surface area contributed by atoms with Gasteiger partial charge in [-0.2, -0.15) is 0 Å². The van der Waals surface area contributed by atoms with Crippen LogP contribution in [0.1, 0.15) is 55.2 Å². The van der Waals surface area contributed by atoms with E-state index in [9.17, 15) is 9.90 Å². The lowest BCUT2D eigenvalue weighted by Crippen LogP contribution is -2.43. The highest BCUT2D eigenvalue weighted by Gasteiger charge is 2.53. The van der Waals surface area contributed by atoms with E-state index in [0.29, 0.717) is 0 Å². The van der Waals surface area contributed by atoms with Crippen LogP contribution in [0.25, 0.3) is 0 Å². The fourth-order valence-electron chi connectivity index (χ4n) is 5.10. The maximum atomic E-state index is 13.6. The lowest BCUT2D eigenvalue weighted by Gasteiger charge is -2.36. The summed E-state index contributed by atoms with van der Waals surface area (Å²) in [6.45, 7) is 2.00. The van der Waals surface area contributed by atoms with Gasteiger partial charge in [-0.3, -0.25) is 4.79 Å². The van der Waals surface area contributed by atoms with Crippen molar-refractivity contribution in [3.05, 3.63) is 53.1 Å². The molecule has 1 aliphatic carbocycles. The van der Waals surface area contributed by atoms with Crippen LogP contribution in [0.2, 0.25) is 0 Å². The fourth-order valence-corrected chi connectivity index (χ4v) is 5.10. The number of phenols is 1. The Morgan fingerprint density at radius 3 is 2.33 bits per heavy atom. The number of carbonyl (C=O) groups is 1. The van der Waals surface area contributed by atoms with Gasteiger partial charge in [0.1, 0.15) is 16.9 Å². The van der Waals surface area contributed by atoms with Crippen LogP contribution in [0.4, 0.5) is 5.69 Å². The lowest BCUT2D eigenvalue weighted by atomic mass is 9.64. The van der Waals surface area contributed by atoms with Gasteiger partial charge in [0.05, 0.1) is 12.8 Å². The first-order valence-corrected chi connectivity index (χ1v) is 9.88. The number of ether oxygens (including phenoxy) is 1. The minimum atomic E-state index is -0.704. The molecule has 0 radical (unpaired) electrons. The van der Waals surface area contributed by atoms with Crippen LogP contribution in [0.3, 0.4) is 0 Å². The van der Waals surface area contributed by atoms with Gasteiger partial charge >= 0.3 is 0 Å². The number of phenolic OH excluding ortho intramolecular Hbond substituents is 1. The molecule has 2 N–H and O–H groups in total. The van der Waals surface area contributed by atoms with Crippen molar-refractivity contribution >= 4 is 11.6 Å². The van der Waals surface area contributed by atoms with Crippen molar-refractivity contribution in [1.29, 1.82) is 0 Å². The van der Waals surface area contributed by atoms with Gasteiger partial charge in [-0.1, -0.05) is 43.9 Å². The Hall–Kier alpha value is -2.49. The van der Waals surface area contributed by atoms with Gasteiger partial charge in [-0.15, -0.1) is 0 Å². The van der Waals surface area contributed by atoms with E-state index in [2.05, 4.69) is 11.4 Å². The van der Waals surface area contributed by atoms with Crippen LogP contribution in [0.5, 0.6) is 11.5 Å². The van der Waals surface area contributed by atoms with Crippen molar-refractivity contribution < 1.29 is 14.6 Å². The zero-order chi connectivity index (χ0) is 19.0. The van der Waals surface area contributed by atoms with E-state index < -0.39 is 5.41 Å². The summed E-state index contributed by atoms with van der Waals surface area (Å²) in [6, 6.07) is 11.2. The standard InChI is InChI=1S/C23H27NO3/c1-15-20(27-2)14-13-19-21(15)24-22(26)23(19,16-7-5-3-4-6-8-16)17-9-11-18(25)12-10-17/h9-14,16,25H,3-8H2,1-2H3,(H,24,26)/t23-/m0/s1. The normalized spacial score (nSPS) is 22.8. The van der Waals surface area contributed by atoms with E-state index in [1.54, 1.807) is 19.2 Å². The molecule has 4 heteroatoms. The number of benzene rings is 2. The average Bonchev–Trinajstić information content (AvgIpc) is 2.83. The maximum absolute atomic E-state index is 13.6. The van der Waals surface area contributed by atoms with E-state index in [0.717, 1.165) is 53.8 Å². The molecule has 1 fully saturated rings. The van der Waals surface area contributed by atoms with E-state index >= 15 is 0 Å². The van der Waals surface area contributed by atoms with Crippen molar-refractivity contribution in [2.75, 3.05) is 12.4 Å². The Morgan fingerprint density at radius 1 is 1.04 bits per heavy atom. The van der Waals surface area contributed by atoms with Gasteiger partial charge in [-0.25, -0.2) is 0 Å². The lowest BCUT2D eigenvalue weighted by molar-refractivity contribution is -0.121. The van der Waals surface area contributed by atoms with Crippen LogP contribution in [0, 0.1) is 12.8 Å². The summed E-state index contributed by atoms with van der Waals surface area (Å²) in [5.41, 5.74) is 3.16. The van der Waals surface area contributed by atoms with E-state index in [1.807, 2.05) is 25.1 Å². The average molecular weight is 365 g/mol. The van der Waals surface area contributed by atoms with Crippen LogP contribution in [0.15, 0.2) is 36.4 Å². The Bertz CT molecular complexity index is 851. The minimum Gasteiger partial charge on any atom is -0.508 e. The Balaban J connectivity index is 1.96. The van der Waals surface area contributed by atoms with E-state index in [4.69, 9.17) is 4.74 Å². The molecule has 0 spiro atoms. The maximum Gasteiger partial charge on any atom is 0.239 e. The molecule has 27 heavy (non-hydrogen) atoms. The summed E-state index contributed by atoms with van der Waals surface area (Å²) in [7, 11) is 1.66. The Labute approximate surface area is 160 Å². The van der Waals surface area contributed by atoms with Crippen molar-refractivity contribution in [2.24, 2.45) is 5.92 Å². The molecule has 1 heterocycles. The predicted molar refractivity (Wildman–Crippen MR) is 106 cm³/mol. The molecule has 0 bridgehead atoms. The number of amides is 1. The molecule has 0 unspecified atom stereocenters. The zero-order valence-corrected chi connectivity index (χ0v) is 16.0. The van der Waals surface area contributed by atoms with Crippen molar-refractivity contribution in [1.82, 2.24) is 0 Å². The number of anilines is 1. The number of hydrogen-bond acceptors (Lipinski definition) is 3. The highest BCUT2D eigenvalue weighted by atomic mass is 16.5. The highest BCUT2D eigenvalue weighted by molar-refractivity contribution is 6.10. The number of fused-ring (bicyclic) bond motifs is 1. The van der Waals surface area contributed by atoms with Crippen LogP contribution >= 0.6 is 0 Å².